The number of methoxy groups -OCH3 is 1. The average molecular weight is 488 g/mol. The third-order valence-electron chi connectivity index (χ3n) is 5.04. The summed E-state index contributed by atoms with van der Waals surface area (Å²) in [5.41, 5.74) is 7.30. The predicted octanol–water partition coefficient (Wildman–Crippen LogP) is 4.37. The highest BCUT2D eigenvalue weighted by molar-refractivity contribution is 9.10. The first-order valence-electron chi connectivity index (χ1n) is 9.44. The van der Waals surface area contributed by atoms with Gasteiger partial charge < -0.3 is 15.5 Å². The Labute approximate surface area is 187 Å². The molecule has 2 aromatic carbocycles. The predicted molar refractivity (Wildman–Crippen MR) is 122 cm³/mol. The van der Waals surface area contributed by atoms with Crippen molar-refractivity contribution in [3.05, 3.63) is 63.4 Å². The fourth-order valence-corrected chi connectivity index (χ4v) is 5.04. The number of fused-ring (bicyclic) bond motifs is 1. The van der Waals surface area contributed by atoms with Gasteiger partial charge in [-0.1, -0.05) is 30.0 Å². The van der Waals surface area contributed by atoms with E-state index in [-0.39, 0.29) is 11.9 Å². The van der Waals surface area contributed by atoms with E-state index in [2.05, 4.69) is 36.9 Å². The van der Waals surface area contributed by atoms with Gasteiger partial charge in [0.25, 0.3) is 0 Å². The smallest absolute Gasteiger partial charge is 0.240 e. The summed E-state index contributed by atoms with van der Waals surface area (Å²) in [6.07, 6.45) is 0. The number of anilines is 1. The molecule has 3 aromatic rings. The van der Waals surface area contributed by atoms with Gasteiger partial charge in [-0.3, -0.25) is 4.79 Å². The van der Waals surface area contributed by atoms with Gasteiger partial charge in [0, 0.05) is 5.69 Å². The quantitative estimate of drug-likeness (QED) is 0.568. The second-order valence-corrected chi connectivity index (χ2v) is 9.18. The molecular formula is C21H22BrN5O2S. The Balaban J connectivity index is 1.70. The molecule has 1 aliphatic rings. The van der Waals surface area contributed by atoms with E-state index in [1.165, 1.54) is 11.8 Å². The maximum atomic E-state index is 13.4. The number of carbonyl (C=O) groups excluding carboxylic acids is 1. The van der Waals surface area contributed by atoms with Crippen molar-refractivity contribution in [1.29, 1.82) is 0 Å². The molecule has 30 heavy (non-hydrogen) atoms. The van der Waals surface area contributed by atoms with E-state index >= 15 is 0 Å². The number of nitrogens with zero attached hydrogens (tertiary/aromatic N) is 3. The molecule has 4 rings (SSSR count). The standard InChI is InChI=1S/C21H22BrN5O2S/c1-11-5-6-12(2)16(9-11)23-20(28)19-18(14-7-8-17(29-4)15(22)10-14)26-27-13(3)24-25-21(27)30-19/h5-10,18-19,26H,1-4H3,(H,23,28). The Hall–Kier alpha value is -2.52. The molecule has 1 aliphatic heterocycles. The van der Waals surface area contributed by atoms with Crippen LogP contribution in [0.15, 0.2) is 46.0 Å². The molecule has 2 atom stereocenters. The highest BCUT2D eigenvalue weighted by Crippen LogP contribution is 2.39. The Kier molecular flexibility index (Phi) is 5.75. The summed E-state index contributed by atoms with van der Waals surface area (Å²) in [4.78, 5) is 13.4. The van der Waals surface area contributed by atoms with Gasteiger partial charge in [-0.15, -0.1) is 10.2 Å². The number of carbonyl (C=O) groups is 1. The molecular weight excluding hydrogens is 466 g/mol. The Morgan fingerprint density at radius 1 is 1.20 bits per heavy atom. The van der Waals surface area contributed by atoms with Crippen LogP contribution in [0.2, 0.25) is 0 Å². The molecule has 0 radical (unpaired) electrons. The summed E-state index contributed by atoms with van der Waals surface area (Å²) in [6, 6.07) is 11.6. The molecule has 2 N–H and O–H groups in total. The molecule has 156 valence electrons. The summed E-state index contributed by atoms with van der Waals surface area (Å²) in [5, 5.41) is 11.7. The Morgan fingerprint density at radius 3 is 2.73 bits per heavy atom. The molecule has 0 fully saturated rings. The first-order chi connectivity index (χ1) is 14.4. The summed E-state index contributed by atoms with van der Waals surface area (Å²) in [5.74, 6) is 1.38. The van der Waals surface area contributed by atoms with Crippen molar-refractivity contribution in [2.45, 2.75) is 37.2 Å². The third kappa shape index (κ3) is 3.91. The zero-order chi connectivity index (χ0) is 21.4. The van der Waals surface area contributed by atoms with Crippen molar-refractivity contribution >= 4 is 39.3 Å². The number of hydrogen-bond donors (Lipinski definition) is 2. The minimum absolute atomic E-state index is 0.0926. The number of thioether (sulfide) groups is 1. The van der Waals surface area contributed by atoms with Crippen molar-refractivity contribution in [3.63, 3.8) is 0 Å². The van der Waals surface area contributed by atoms with Gasteiger partial charge in [0.2, 0.25) is 11.1 Å². The van der Waals surface area contributed by atoms with Crippen LogP contribution in [0.4, 0.5) is 5.69 Å². The lowest BCUT2D eigenvalue weighted by molar-refractivity contribution is -0.116. The number of aromatic nitrogens is 3. The lowest BCUT2D eigenvalue weighted by Crippen LogP contribution is -2.41. The van der Waals surface area contributed by atoms with Crippen molar-refractivity contribution in [3.8, 4) is 5.75 Å². The van der Waals surface area contributed by atoms with E-state index in [1.807, 2.05) is 61.8 Å². The first-order valence-corrected chi connectivity index (χ1v) is 11.1. The molecule has 0 bridgehead atoms. The van der Waals surface area contributed by atoms with E-state index in [0.29, 0.717) is 5.16 Å². The lowest BCUT2D eigenvalue weighted by Gasteiger charge is -2.33. The summed E-state index contributed by atoms with van der Waals surface area (Å²) >= 11 is 4.95. The molecule has 1 amide bonds. The summed E-state index contributed by atoms with van der Waals surface area (Å²) in [6.45, 7) is 5.87. The van der Waals surface area contributed by atoms with E-state index < -0.39 is 5.25 Å². The normalized spacial score (nSPS) is 17.8. The first kappa shape index (κ1) is 20.7. The van der Waals surface area contributed by atoms with Gasteiger partial charge in [0.1, 0.15) is 16.8 Å². The van der Waals surface area contributed by atoms with Crippen LogP contribution < -0.4 is 15.5 Å². The molecule has 0 saturated heterocycles. The molecule has 2 unspecified atom stereocenters. The highest BCUT2D eigenvalue weighted by atomic mass is 79.9. The number of rotatable bonds is 4. The number of amides is 1. The van der Waals surface area contributed by atoms with E-state index in [1.54, 1.807) is 7.11 Å². The van der Waals surface area contributed by atoms with Crippen LogP contribution in [0.3, 0.4) is 0 Å². The molecule has 7 nitrogen and oxygen atoms in total. The van der Waals surface area contributed by atoms with Crippen molar-refractivity contribution in [2.75, 3.05) is 17.9 Å². The van der Waals surface area contributed by atoms with Gasteiger partial charge in [-0.25, -0.2) is 4.68 Å². The van der Waals surface area contributed by atoms with E-state index in [4.69, 9.17) is 4.74 Å². The van der Waals surface area contributed by atoms with Gasteiger partial charge >= 0.3 is 0 Å². The van der Waals surface area contributed by atoms with Crippen molar-refractivity contribution < 1.29 is 9.53 Å². The molecule has 9 heteroatoms. The van der Waals surface area contributed by atoms with Gasteiger partial charge in [0.05, 0.1) is 17.6 Å². The maximum Gasteiger partial charge on any atom is 0.240 e. The third-order valence-corrected chi connectivity index (χ3v) is 6.88. The Morgan fingerprint density at radius 2 is 2.00 bits per heavy atom. The van der Waals surface area contributed by atoms with Crippen LogP contribution in [-0.4, -0.2) is 33.1 Å². The number of nitrogens with one attached hydrogen (secondary N) is 2. The van der Waals surface area contributed by atoms with Crippen molar-refractivity contribution in [2.24, 2.45) is 0 Å². The second-order valence-electron chi connectivity index (χ2n) is 7.21. The van der Waals surface area contributed by atoms with Gasteiger partial charge in [-0.05, 0) is 71.6 Å². The number of ether oxygens (including phenoxy) is 1. The number of hydrogen-bond acceptors (Lipinski definition) is 6. The number of halogens is 1. The maximum absolute atomic E-state index is 13.4. The van der Waals surface area contributed by atoms with Gasteiger partial charge in [-0.2, -0.15) is 0 Å². The SMILES string of the molecule is COc1ccc(C2Nn3c(C)nnc3SC2C(=O)Nc2cc(C)ccc2C)cc1Br. The fourth-order valence-electron chi connectivity index (χ4n) is 3.36. The lowest BCUT2D eigenvalue weighted by atomic mass is 10.0. The summed E-state index contributed by atoms with van der Waals surface area (Å²) in [7, 11) is 1.63. The minimum atomic E-state index is -0.443. The van der Waals surface area contributed by atoms with Gasteiger partial charge in [0.15, 0.2) is 0 Å². The van der Waals surface area contributed by atoms with Crippen LogP contribution in [0.25, 0.3) is 0 Å². The molecule has 0 spiro atoms. The molecule has 0 aliphatic carbocycles. The van der Waals surface area contributed by atoms with E-state index in [0.717, 1.165) is 38.4 Å². The largest absolute Gasteiger partial charge is 0.496 e. The average Bonchev–Trinajstić information content (AvgIpc) is 3.09. The number of benzene rings is 2. The Bertz CT molecular complexity index is 1120. The van der Waals surface area contributed by atoms with E-state index in [9.17, 15) is 4.79 Å². The zero-order valence-corrected chi connectivity index (χ0v) is 19.5. The highest BCUT2D eigenvalue weighted by Gasteiger charge is 2.37. The second kappa shape index (κ2) is 8.31. The molecule has 1 aromatic heterocycles. The minimum Gasteiger partial charge on any atom is -0.496 e. The summed E-state index contributed by atoms with van der Waals surface area (Å²) < 4.78 is 8.01. The molecule has 0 saturated carbocycles. The van der Waals surface area contributed by atoms with Crippen LogP contribution in [0.5, 0.6) is 5.75 Å². The topological polar surface area (TPSA) is 81.1 Å². The van der Waals surface area contributed by atoms with Crippen LogP contribution in [-0.2, 0) is 4.79 Å². The number of aryl methyl sites for hydroxylation is 3. The van der Waals surface area contributed by atoms with Crippen molar-refractivity contribution in [1.82, 2.24) is 14.9 Å². The van der Waals surface area contributed by atoms with Crippen LogP contribution in [0.1, 0.15) is 28.6 Å². The van der Waals surface area contributed by atoms with Crippen LogP contribution in [0, 0.1) is 20.8 Å². The monoisotopic (exact) mass is 487 g/mol. The fraction of sp³-hybridized carbons (Fsp3) is 0.286. The zero-order valence-electron chi connectivity index (χ0n) is 17.1. The van der Waals surface area contributed by atoms with Crippen LogP contribution >= 0.6 is 27.7 Å². The molecule has 2 heterocycles.